The normalized spacial score (nSPS) is 11.0. The summed E-state index contributed by atoms with van der Waals surface area (Å²) in [6.45, 7) is 11.0. The Morgan fingerprint density at radius 3 is 1.18 bits per heavy atom. The Kier molecular flexibility index (Phi) is 25.2. The molecule has 0 aliphatic heterocycles. The van der Waals surface area contributed by atoms with Gasteiger partial charge in [0, 0.05) is 37.0 Å². The van der Waals surface area contributed by atoms with Crippen LogP contribution in [0.3, 0.4) is 0 Å². The number of carbonyl (C=O) groups excluding carboxylic acids is 6. The van der Waals surface area contributed by atoms with Crippen LogP contribution in [0.2, 0.25) is 0 Å². The van der Waals surface area contributed by atoms with E-state index >= 15 is 0 Å². The average Bonchev–Trinajstić information content (AvgIpc) is 3.44. The molecule has 16 nitrogen and oxygen atoms in total. The van der Waals surface area contributed by atoms with Gasteiger partial charge in [-0.15, -0.1) is 0 Å². The van der Waals surface area contributed by atoms with Crippen molar-refractivity contribution in [2.24, 2.45) is 0 Å². The second-order valence-electron chi connectivity index (χ2n) is 17.8. The molecule has 0 aliphatic carbocycles. The lowest BCUT2D eigenvalue weighted by atomic mass is 9.91. The minimum absolute atomic E-state index is 0.00104. The summed E-state index contributed by atoms with van der Waals surface area (Å²) in [5.74, 6) is 2.20. The molecular formula is C62H68O16. The van der Waals surface area contributed by atoms with Crippen LogP contribution in [0.1, 0.15) is 116 Å². The van der Waals surface area contributed by atoms with Gasteiger partial charge in [-0.3, -0.25) is 19.2 Å². The van der Waals surface area contributed by atoms with E-state index in [1.165, 1.54) is 19.4 Å². The van der Waals surface area contributed by atoms with Crippen LogP contribution in [0.5, 0.6) is 34.5 Å². The first-order valence-corrected chi connectivity index (χ1v) is 25.5. The summed E-state index contributed by atoms with van der Waals surface area (Å²) < 4.78 is 53.3. The van der Waals surface area contributed by atoms with E-state index in [4.69, 9.17) is 47.4 Å². The fraction of sp³-hybridized carbons (Fsp3) is 0.323. The topological polar surface area (TPSA) is 195 Å². The SMILES string of the molecule is COCCOCCOC(=O)CCCCC(=O)OCCOCCOC(=O)c1ccc(Oc2ccc(C(C)=O)cc2)cc1.COc1ccc(C(C)c2ccc(OC(=O)c3ccc(Oc4ccc(C(C)=O)cc4)cc3)c(C)c2)cc1C. The highest BCUT2D eigenvalue weighted by atomic mass is 16.6. The molecule has 0 amide bonds. The minimum atomic E-state index is -0.503. The lowest BCUT2D eigenvalue weighted by molar-refractivity contribution is -0.147. The zero-order valence-corrected chi connectivity index (χ0v) is 45.3. The Hall–Kier alpha value is -8.18. The van der Waals surface area contributed by atoms with Crippen LogP contribution in [0.4, 0.5) is 0 Å². The summed E-state index contributed by atoms with van der Waals surface area (Å²) in [4.78, 5) is 71.1. The van der Waals surface area contributed by atoms with Crippen LogP contribution in [-0.2, 0) is 38.0 Å². The van der Waals surface area contributed by atoms with Crippen molar-refractivity contribution < 1.29 is 76.1 Å². The van der Waals surface area contributed by atoms with Crippen molar-refractivity contribution in [3.8, 4) is 34.5 Å². The second kappa shape index (κ2) is 32.4. The first-order valence-electron chi connectivity index (χ1n) is 25.5. The van der Waals surface area contributed by atoms with E-state index < -0.39 is 11.9 Å². The van der Waals surface area contributed by atoms with E-state index in [2.05, 4.69) is 25.1 Å². The number of benzene rings is 6. The van der Waals surface area contributed by atoms with Crippen molar-refractivity contribution in [3.05, 3.63) is 178 Å². The number of Topliss-reactive ketones (excluding diaryl/α,β-unsaturated/α-hetero) is 2. The van der Waals surface area contributed by atoms with E-state index in [1.807, 2.05) is 32.0 Å². The maximum atomic E-state index is 12.8. The van der Waals surface area contributed by atoms with E-state index in [0.29, 0.717) is 83.7 Å². The Morgan fingerprint density at radius 1 is 0.423 bits per heavy atom. The second-order valence-corrected chi connectivity index (χ2v) is 17.8. The molecule has 6 aromatic carbocycles. The number of aryl methyl sites for hydroxylation is 2. The molecule has 0 aliphatic rings. The molecule has 412 valence electrons. The predicted molar refractivity (Wildman–Crippen MR) is 291 cm³/mol. The van der Waals surface area contributed by atoms with Crippen molar-refractivity contribution in [2.75, 3.05) is 67.1 Å². The maximum Gasteiger partial charge on any atom is 0.343 e. The number of ether oxygens (including phenoxy) is 10. The summed E-state index contributed by atoms with van der Waals surface area (Å²) in [6, 6.07) is 39.0. The molecule has 0 saturated heterocycles. The molecule has 0 bridgehead atoms. The summed E-state index contributed by atoms with van der Waals surface area (Å²) in [5.41, 5.74) is 6.32. The van der Waals surface area contributed by atoms with Crippen LogP contribution < -0.4 is 18.9 Å². The highest BCUT2D eigenvalue weighted by molar-refractivity contribution is 5.95. The number of hydrogen-bond donors (Lipinski definition) is 0. The van der Waals surface area contributed by atoms with Gasteiger partial charge < -0.3 is 47.4 Å². The Balaban J connectivity index is 0.000000288. The molecule has 0 N–H and O–H groups in total. The molecular weight excluding hydrogens is 1000 g/mol. The largest absolute Gasteiger partial charge is 0.496 e. The Bertz CT molecular complexity index is 2880. The molecule has 6 rings (SSSR count). The molecule has 0 spiro atoms. The third-order valence-corrected chi connectivity index (χ3v) is 11.9. The molecule has 0 saturated carbocycles. The minimum Gasteiger partial charge on any atom is -0.496 e. The summed E-state index contributed by atoms with van der Waals surface area (Å²) in [6.07, 6.45) is 1.45. The van der Waals surface area contributed by atoms with Gasteiger partial charge in [-0.1, -0.05) is 31.2 Å². The van der Waals surface area contributed by atoms with E-state index in [1.54, 1.807) is 111 Å². The van der Waals surface area contributed by atoms with Crippen molar-refractivity contribution in [1.29, 1.82) is 0 Å². The van der Waals surface area contributed by atoms with Crippen molar-refractivity contribution >= 4 is 35.4 Å². The van der Waals surface area contributed by atoms with Gasteiger partial charge in [-0.2, -0.15) is 0 Å². The standard InChI is InChI=1S/C32H30O5.C30H38O11/c1-20-18-26(10-16-30(20)35-5)22(3)27-11-17-31(21(2)19-27)37-32(34)25-8-14-29(15-9-25)36-28-12-6-24(7-13-28)23(4)33;1-23(31)24-7-11-26(12-8-24)41-27-13-9-25(10-14-27)30(34)40-22-19-37-18-21-39-29(33)6-4-3-5-28(32)38-20-17-36-16-15-35-2/h6-19,22H,1-5H3;7-14H,3-6,15-22H2,1-2H3. The maximum absolute atomic E-state index is 12.8. The van der Waals surface area contributed by atoms with Crippen molar-refractivity contribution in [2.45, 2.75) is 66.2 Å². The summed E-state index contributed by atoms with van der Waals surface area (Å²) in [7, 11) is 3.25. The van der Waals surface area contributed by atoms with Crippen molar-refractivity contribution in [1.82, 2.24) is 0 Å². The van der Waals surface area contributed by atoms with Gasteiger partial charge in [0.1, 0.15) is 54.3 Å². The van der Waals surface area contributed by atoms with Crippen LogP contribution in [0, 0.1) is 13.8 Å². The molecule has 78 heavy (non-hydrogen) atoms. The quantitative estimate of drug-likeness (QED) is 0.0141. The lowest BCUT2D eigenvalue weighted by Gasteiger charge is -2.16. The number of ketones is 2. The van der Waals surface area contributed by atoms with Gasteiger partial charge in [0.15, 0.2) is 11.6 Å². The third-order valence-electron chi connectivity index (χ3n) is 11.9. The van der Waals surface area contributed by atoms with Crippen LogP contribution in [0.15, 0.2) is 133 Å². The predicted octanol–water partition coefficient (Wildman–Crippen LogP) is 11.8. The van der Waals surface area contributed by atoms with Gasteiger partial charge in [0.2, 0.25) is 0 Å². The fourth-order valence-corrected chi connectivity index (χ4v) is 7.42. The number of hydrogen-bond acceptors (Lipinski definition) is 16. The molecule has 16 heteroatoms. The van der Waals surface area contributed by atoms with Gasteiger partial charge in [-0.05, 0) is 172 Å². The number of unbranched alkanes of at least 4 members (excludes halogenated alkanes) is 1. The third kappa shape index (κ3) is 20.7. The summed E-state index contributed by atoms with van der Waals surface area (Å²) >= 11 is 0. The smallest absolute Gasteiger partial charge is 0.343 e. The molecule has 0 fully saturated rings. The van der Waals surface area contributed by atoms with E-state index in [9.17, 15) is 28.8 Å². The van der Waals surface area contributed by atoms with Gasteiger partial charge in [0.05, 0.1) is 51.3 Å². The Labute approximate surface area is 455 Å². The first kappa shape index (κ1) is 60.7. The molecule has 0 radical (unpaired) electrons. The van der Waals surface area contributed by atoms with Gasteiger partial charge in [0.25, 0.3) is 0 Å². The molecule has 1 atom stereocenters. The molecule has 0 heterocycles. The fourth-order valence-electron chi connectivity index (χ4n) is 7.42. The van der Waals surface area contributed by atoms with Crippen LogP contribution in [-0.4, -0.2) is 103 Å². The Morgan fingerprint density at radius 2 is 0.795 bits per heavy atom. The van der Waals surface area contributed by atoms with Crippen molar-refractivity contribution in [3.63, 3.8) is 0 Å². The first-order chi connectivity index (χ1) is 37.6. The number of methoxy groups -OCH3 is 2. The summed E-state index contributed by atoms with van der Waals surface area (Å²) in [5, 5.41) is 0. The number of rotatable bonds is 29. The van der Waals surface area contributed by atoms with Gasteiger partial charge >= 0.3 is 23.9 Å². The lowest BCUT2D eigenvalue weighted by Crippen LogP contribution is -2.15. The molecule has 6 aromatic rings. The number of carbonyl (C=O) groups is 6. The highest BCUT2D eigenvalue weighted by Gasteiger charge is 2.16. The average molecular weight is 1070 g/mol. The van der Waals surface area contributed by atoms with Gasteiger partial charge in [-0.25, -0.2) is 9.59 Å². The van der Waals surface area contributed by atoms with E-state index in [-0.39, 0.29) is 75.3 Å². The monoisotopic (exact) mass is 1070 g/mol. The molecule has 1 unspecified atom stereocenters. The van der Waals surface area contributed by atoms with Crippen LogP contribution >= 0.6 is 0 Å². The highest BCUT2D eigenvalue weighted by Crippen LogP contribution is 2.32. The van der Waals surface area contributed by atoms with E-state index in [0.717, 1.165) is 22.4 Å². The number of esters is 4. The zero-order chi connectivity index (χ0) is 56.2. The zero-order valence-electron chi connectivity index (χ0n) is 45.3. The molecule has 0 aromatic heterocycles. The van der Waals surface area contributed by atoms with Crippen LogP contribution in [0.25, 0.3) is 0 Å².